The average Bonchev–Trinajstić information content (AvgIpc) is 3.14. The summed E-state index contributed by atoms with van der Waals surface area (Å²) in [5, 5.41) is 9.80. The summed E-state index contributed by atoms with van der Waals surface area (Å²) in [5.74, 6) is -0.288. The summed E-state index contributed by atoms with van der Waals surface area (Å²) in [7, 11) is 0. The van der Waals surface area contributed by atoms with Crippen molar-refractivity contribution in [3.8, 4) is 0 Å². The molecule has 30 heavy (non-hydrogen) atoms. The lowest BCUT2D eigenvalue weighted by Gasteiger charge is -2.27. The highest BCUT2D eigenvalue weighted by Gasteiger charge is 2.34. The van der Waals surface area contributed by atoms with Crippen molar-refractivity contribution in [2.24, 2.45) is 29.6 Å². The lowest BCUT2D eigenvalue weighted by molar-refractivity contribution is -0.142. The van der Waals surface area contributed by atoms with Crippen molar-refractivity contribution in [3.05, 3.63) is 23.3 Å². The third-order valence-electron chi connectivity index (χ3n) is 7.41. The molecule has 0 bridgehead atoms. The zero-order valence-electron chi connectivity index (χ0n) is 19.1. The van der Waals surface area contributed by atoms with E-state index in [4.69, 9.17) is 4.74 Å². The van der Waals surface area contributed by atoms with Gasteiger partial charge in [-0.05, 0) is 55.1 Å². The normalized spacial score (nSPS) is 31.1. The molecule has 0 heterocycles. The Bertz CT molecular complexity index is 661. The molecule has 0 aromatic carbocycles. The summed E-state index contributed by atoms with van der Waals surface area (Å²) in [5.41, 5.74) is 1.91. The van der Waals surface area contributed by atoms with Gasteiger partial charge < -0.3 is 9.84 Å². The van der Waals surface area contributed by atoms with Crippen LogP contribution in [0.4, 0.5) is 0 Å². The predicted octanol–water partition coefficient (Wildman–Crippen LogP) is 5.96. The van der Waals surface area contributed by atoms with E-state index in [1.54, 1.807) is 0 Å². The average molecular weight is 417 g/mol. The summed E-state index contributed by atoms with van der Waals surface area (Å²) in [6.07, 6.45) is 15.1. The Labute approximate surface area is 182 Å². The topological polar surface area (TPSA) is 63.6 Å². The molecule has 2 fully saturated rings. The molecule has 168 valence electrons. The highest BCUT2D eigenvalue weighted by Crippen LogP contribution is 2.37. The predicted molar refractivity (Wildman–Crippen MR) is 119 cm³/mol. The number of hydrogen-bond acceptors (Lipinski definition) is 3. The molecule has 3 aliphatic carbocycles. The molecule has 4 heteroatoms. The van der Waals surface area contributed by atoms with Crippen LogP contribution in [0.3, 0.4) is 0 Å². The smallest absolute Gasteiger partial charge is 0.307 e. The van der Waals surface area contributed by atoms with E-state index in [-0.39, 0.29) is 23.5 Å². The number of allylic oxidation sites excluding steroid dienone is 3. The Morgan fingerprint density at radius 3 is 2.37 bits per heavy atom. The van der Waals surface area contributed by atoms with Gasteiger partial charge >= 0.3 is 5.97 Å². The molecule has 2 saturated carbocycles. The van der Waals surface area contributed by atoms with Crippen LogP contribution < -0.4 is 0 Å². The van der Waals surface area contributed by atoms with E-state index >= 15 is 0 Å². The van der Waals surface area contributed by atoms with Crippen LogP contribution in [-0.2, 0) is 14.3 Å². The number of hydrogen-bond donors (Lipinski definition) is 1. The Kier molecular flexibility index (Phi) is 8.33. The number of carbonyl (C=O) groups is 2. The standard InChI is InChI=1S/C26H40O4/c1-17(2)23(25(27)20-11-9-18(3)10-12-20)15-21-13-19(14-24(21)26(28)29)16-30-22-7-5-4-6-8-22/h13,15,17-18,20-22,24H,4-12,14,16H2,1-3H3,(H,28,29). The van der Waals surface area contributed by atoms with Gasteiger partial charge in [0.15, 0.2) is 5.78 Å². The van der Waals surface area contributed by atoms with Crippen molar-refractivity contribution in [1.29, 1.82) is 0 Å². The van der Waals surface area contributed by atoms with Crippen LogP contribution in [0.25, 0.3) is 0 Å². The second-order valence-corrected chi connectivity index (χ2v) is 10.2. The van der Waals surface area contributed by atoms with E-state index in [1.807, 2.05) is 6.08 Å². The summed E-state index contributed by atoms with van der Waals surface area (Å²) >= 11 is 0. The fourth-order valence-corrected chi connectivity index (χ4v) is 5.38. The highest BCUT2D eigenvalue weighted by molar-refractivity contribution is 5.97. The van der Waals surface area contributed by atoms with Gasteiger partial charge in [0.1, 0.15) is 0 Å². The van der Waals surface area contributed by atoms with Gasteiger partial charge in [-0.2, -0.15) is 0 Å². The molecule has 2 unspecified atom stereocenters. The number of aliphatic carboxylic acids is 1. The van der Waals surface area contributed by atoms with Gasteiger partial charge in [0, 0.05) is 11.8 Å². The van der Waals surface area contributed by atoms with Gasteiger partial charge in [0.25, 0.3) is 0 Å². The Hall–Kier alpha value is -1.42. The molecule has 0 aromatic rings. The molecule has 3 rings (SSSR count). The first-order valence-corrected chi connectivity index (χ1v) is 12.1. The van der Waals surface area contributed by atoms with Crippen molar-refractivity contribution < 1.29 is 19.4 Å². The van der Waals surface area contributed by atoms with Crippen LogP contribution in [0, 0.1) is 29.6 Å². The number of carboxylic acids is 1. The summed E-state index contributed by atoms with van der Waals surface area (Å²) in [6.45, 7) is 6.90. The second-order valence-electron chi connectivity index (χ2n) is 10.2. The van der Waals surface area contributed by atoms with Crippen molar-refractivity contribution in [3.63, 3.8) is 0 Å². The molecule has 0 spiro atoms. The molecule has 1 N–H and O–H groups in total. The number of Topliss-reactive ketones (excluding diaryl/α,β-unsaturated/α-hetero) is 1. The first kappa shape index (κ1) is 23.2. The first-order chi connectivity index (χ1) is 14.3. The van der Waals surface area contributed by atoms with Gasteiger partial charge in [0.2, 0.25) is 0 Å². The number of rotatable bonds is 8. The third-order valence-corrected chi connectivity index (χ3v) is 7.41. The van der Waals surface area contributed by atoms with Gasteiger partial charge in [0.05, 0.1) is 18.6 Å². The van der Waals surface area contributed by atoms with Crippen molar-refractivity contribution in [1.82, 2.24) is 0 Å². The number of carbonyl (C=O) groups excluding carboxylic acids is 1. The van der Waals surface area contributed by atoms with Crippen LogP contribution in [0.15, 0.2) is 23.3 Å². The fourth-order valence-electron chi connectivity index (χ4n) is 5.38. The number of carboxylic acid groups (broad SMARTS) is 1. The minimum absolute atomic E-state index is 0.109. The summed E-state index contributed by atoms with van der Waals surface area (Å²) in [4.78, 5) is 25.2. The molecular formula is C26H40O4. The number of ether oxygens (including phenoxy) is 1. The van der Waals surface area contributed by atoms with E-state index in [2.05, 4.69) is 26.8 Å². The van der Waals surface area contributed by atoms with Crippen LogP contribution >= 0.6 is 0 Å². The molecule has 0 aromatic heterocycles. The Morgan fingerprint density at radius 1 is 1.10 bits per heavy atom. The maximum atomic E-state index is 13.3. The van der Waals surface area contributed by atoms with Crippen LogP contribution in [0.2, 0.25) is 0 Å². The van der Waals surface area contributed by atoms with Crippen molar-refractivity contribution in [2.75, 3.05) is 6.61 Å². The van der Waals surface area contributed by atoms with Crippen LogP contribution in [-0.4, -0.2) is 29.6 Å². The molecule has 3 aliphatic rings. The lowest BCUT2D eigenvalue weighted by atomic mass is 9.77. The monoisotopic (exact) mass is 416 g/mol. The van der Waals surface area contributed by atoms with Crippen molar-refractivity contribution >= 4 is 11.8 Å². The zero-order chi connectivity index (χ0) is 21.7. The lowest BCUT2D eigenvalue weighted by Crippen LogP contribution is -2.25. The zero-order valence-corrected chi connectivity index (χ0v) is 19.1. The molecule has 2 atom stereocenters. The number of ketones is 1. The van der Waals surface area contributed by atoms with Gasteiger partial charge in [-0.3, -0.25) is 9.59 Å². The maximum absolute atomic E-state index is 13.3. The molecule has 0 amide bonds. The van der Waals surface area contributed by atoms with Gasteiger partial charge in [-0.25, -0.2) is 0 Å². The van der Waals surface area contributed by atoms with Gasteiger partial charge in [-0.15, -0.1) is 0 Å². The molecular weight excluding hydrogens is 376 g/mol. The van der Waals surface area contributed by atoms with Crippen LogP contribution in [0.5, 0.6) is 0 Å². The van der Waals surface area contributed by atoms with E-state index in [0.717, 1.165) is 49.7 Å². The van der Waals surface area contributed by atoms with E-state index in [1.165, 1.54) is 19.3 Å². The largest absolute Gasteiger partial charge is 0.481 e. The van der Waals surface area contributed by atoms with Crippen LogP contribution in [0.1, 0.15) is 85.0 Å². The first-order valence-electron chi connectivity index (χ1n) is 12.1. The SMILES string of the molecule is CC1CCC(C(=O)C(=CC2C=C(COC3CCCCC3)CC2C(=O)O)C(C)C)CC1. The van der Waals surface area contributed by atoms with E-state index in [0.29, 0.717) is 25.0 Å². The fraction of sp³-hybridized carbons (Fsp3) is 0.769. The summed E-state index contributed by atoms with van der Waals surface area (Å²) < 4.78 is 6.10. The molecule has 0 aliphatic heterocycles. The molecule has 0 radical (unpaired) electrons. The van der Waals surface area contributed by atoms with Gasteiger partial charge in [-0.1, -0.05) is 65.0 Å². The van der Waals surface area contributed by atoms with E-state index in [9.17, 15) is 14.7 Å². The Morgan fingerprint density at radius 2 is 1.77 bits per heavy atom. The molecule has 0 saturated heterocycles. The minimum Gasteiger partial charge on any atom is -0.481 e. The maximum Gasteiger partial charge on any atom is 0.307 e. The third kappa shape index (κ3) is 6.06. The highest BCUT2D eigenvalue weighted by atomic mass is 16.5. The van der Waals surface area contributed by atoms with Crippen molar-refractivity contribution in [2.45, 2.75) is 91.1 Å². The molecule has 4 nitrogen and oxygen atoms in total. The van der Waals surface area contributed by atoms with E-state index < -0.39 is 11.9 Å². The quantitative estimate of drug-likeness (QED) is 0.392. The minimum atomic E-state index is -0.776. The second kappa shape index (κ2) is 10.7. The Balaban J connectivity index is 1.71. The summed E-state index contributed by atoms with van der Waals surface area (Å²) in [6, 6.07) is 0.